The normalized spacial score (nSPS) is 10.5. The lowest BCUT2D eigenvalue weighted by molar-refractivity contribution is -0.118. The Morgan fingerprint density at radius 2 is 1.70 bits per heavy atom. The first-order valence-corrected chi connectivity index (χ1v) is 8.48. The maximum Gasteiger partial charge on any atom is 0.262 e. The van der Waals surface area contributed by atoms with Crippen molar-refractivity contribution in [3.63, 3.8) is 0 Å². The standard InChI is InChI=1S/C17H16BrCl2NO2/c1-9-4-12(18)5-10(2)16(9)21-15(22)8-23-17-11(3)6-13(19)7-14(17)20/h4-7H,8H2,1-3H3,(H,21,22). The molecule has 0 aromatic heterocycles. The van der Waals surface area contributed by atoms with Gasteiger partial charge in [0.25, 0.3) is 5.91 Å². The van der Waals surface area contributed by atoms with Gasteiger partial charge in [0.2, 0.25) is 0 Å². The zero-order valence-electron chi connectivity index (χ0n) is 13.0. The third-order valence-corrected chi connectivity index (χ3v) is 4.26. The molecule has 0 unspecified atom stereocenters. The summed E-state index contributed by atoms with van der Waals surface area (Å²) in [4.78, 5) is 12.1. The third-order valence-electron chi connectivity index (χ3n) is 3.30. The van der Waals surface area contributed by atoms with Gasteiger partial charge in [-0.1, -0.05) is 39.1 Å². The Morgan fingerprint density at radius 3 is 2.26 bits per heavy atom. The Bertz CT molecular complexity index is 716. The van der Waals surface area contributed by atoms with Crippen LogP contribution in [-0.4, -0.2) is 12.5 Å². The Morgan fingerprint density at radius 1 is 1.09 bits per heavy atom. The Balaban J connectivity index is 2.07. The monoisotopic (exact) mass is 415 g/mol. The topological polar surface area (TPSA) is 38.3 Å². The fourth-order valence-corrected chi connectivity index (χ4v) is 3.63. The summed E-state index contributed by atoms with van der Waals surface area (Å²) in [6.45, 7) is 5.58. The number of carbonyl (C=O) groups is 1. The van der Waals surface area contributed by atoms with Crippen LogP contribution in [0.4, 0.5) is 5.69 Å². The zero-order chi connectivity index (χ0) is 17.1. The van der Waals surface area contributed by atoms with E-state index in [9.17, 15) is 4.79 Å². The molecule has 0 bridgehead atoms. The molecule has 1 N–H and O–H groups in total. The number of aryl methyl sites for hydroxylation is 3. The van der Waals surface area contributed by atoms with E-state index >= 15 is 0 Å². The summed E-state index contributed by atoms with van der Waals surface area (Å²) < 4.78 is 6.53. The molecule has 3 nitrogen and oxygen atoms in total. The number of halogens is 3. The molecule has 0 radical (unpaired) electrons. The van der Waals surface area contributed by atoms with Crippen molar-refractivity contribution in [3.8, 4) is 5.75 Å². The van der Waals surface area contributed by atoms with Gasteiger partial charge >= 0.3 is 0 Å². The molecule has 2 aromatic carbocycles. The summed E-state index contributed by atoms with van der Waals surface area (Å²) in [5, 5.41) is 3.79. The molecule has 122 valence electrons. The SMILES string of the molecule is Cc1cc(Br)cc(C)c1NC(=O)COc1c(C)cc(Cl)cc1Cl. The minimum absolute atomic E-state index is 0.128. The van der Waals surface area contributed by atoms with E-state index in [2.05, 4.69) is 21.2 Å². The number of ether oxygens (including phenoxy) is 1. The largest absolute Gasteiger partial charge is 0.482 e. The second-order valence-corrected chi connectivity index (χ2v) is 7.04. The molecule has 0 aliphatic rings. The summed E-state index contributed by atoms with van der Waals surface area (Å²) >= 11 is 15.5. The lowest BCUT2D eigenvalue weighted by Crippen LogP contribution is -2.21. The van der Waals surface area contributed by atoms with E-state index in [1.54, 1.807) is 12.1 Å². The third kappa shape index (κ3) is 4.63. The Kier molecular flexibility index (Phi) is 5.95. The van der Waals surface area contributed by atoms with E-state index in [-0.39, 0.29) is 12.5 Å². The van der Waals surface area contributed by atoms with Gasteiger partial charge in [0.15, 0.2) is 6.61 Å². The molecule has 2 rings (SSSR count). The molecule has 23 heavy (non-hydrogen) atoms. The van der Waals surface area contributed by atoms with Crippen LogP contribution in [0.5, 0.6) is 5.75 Å². The molecule has 0 heterocycles. The summed E-state index contributed by atoms with van der Waals surface area (Å²) in [5.41, 5.74) is 3.53. The van der Waals surface area contributed by atoms with Gasteiger partial charge in [0, 0.05) is 15.2 Å². The van der Waals surface area contributed by atoms with Gasteiger partial charge in [0.1, 0.15) is 5.75 Å². The van der Waals surface area contributed by atoms with Crippen molar-refractivity contribution < 1.29 is 9.53 Å². The van der Waals surface area contributed by atoms with Crippen molar-refractivity contribution in [3.05, 3.63) is 55.5 Å². The van der Waals surface area contributed by atoms with Crippen LogP contribution < -0.4 is 10.1 Å². The van der Waals surface area contributed by atoms with Crippen molar-refractivity contribution in [1.29, 1.82) is 0 Å². The number of hydrogen-bond acceptors (Lipinski definition) is 2. The van der Waals surface area contributed by atoms with E-state index in [0.717, 1.165) is 26.9 Å². The average Bonchev–Trinajstić information content (AvgIpc) is 2.41. The van der Waals surface area contributed by atoms with Gasteiger partial charge in [-0.25, -0.2) is 0 Å². The van der Waals surface area contributed by atoms with E-state index in [4.69, 9.17) is 27.9 Å². The lowest BCUT2D eigenvalue weighted by atomic mass is 10.1. The van der Waals surface area contributed by atoms with Crippen molar-refractivity contribution in [2.75, 3.05) is 11.9 Å². The van der Waals surface area contributed by atoms with Crippen molar-refractivity contribution in [2.24, 2.45) is 0 Å². The minimum Gasteiger partial charge on any atom is -0.482 e. The molecular formula is C17H16BrCl2NO2. The van der Waals surface area contributed by atoms with Gasteiger partial charge in [-0.15, -0.1) is 0 Å². The number of anilines is 1. The van der Waals surface area contributed by atoms with Gasteiger partial charge in [0.05, 0.1) is 5.02 Å². The molecule has 0 aliphatic heterocycles. The molecule has 0 spiro atoms. The smallest absolute Gasteiger partial charge is 0.262 e. The number of rotatable bonds is 4. The van der Waals surface area contributed by atoms with E-state index in [1.165, 1.54) is 0 Å². The van der Waals surface area contributed by atoms with Crippen molar-refractivity contribution >= 4 is 50.7 Å². The van der Waals surface area contributed by atoms with E-state index in [0.29, 0.717) is 15.8 Å². The first-order valence-electron chi connectivity index (χ1n) is 6.93. The molecule has 2 aromatic rings. The number of amides is 1. The maximum absolute atomic E-state index is 12.1. The fourth-order valence-electron chi connectivity index (χ4n) is 2.29. The van der Waals surface area contributed by atoms with E-state index in [1.807, 2.05) is 32.9 Å². The van der Waals surface area contributed by atoms with E-state index < -0.39 is 0 Å². The number of hydrogen-bond donors (Lipinski definition) is 1. The van der Waals surface area contributed by atoms with Crippen LogP contribution in [0, 0.1) is 20.8 Å². The lowest BCUT2D eigenvalue weighted by Gasteiger charge is -2.14. The molecular weight excluding hydrogens is 401 g/mol. The zero-order valence-corrected chi connectivity index (χ0v) is 16.1. The molecule has 0 aliphatic carbocycles. The summed E-state index contributed by atoms with van der Waals surface area (Å²) in [5.74, 6) is 0.222. The van der Waals surface area contributed by atoms with Crippen LogP contribution in [0.25, 0.3) is 0 Å². The van der Waals surface area contributed by atoms with Crippen LogP contribution in [0.3, 0.4) is 0 Å². The first-order chi connectivity index (χ1) is 10.8. The van der Waals surface area contributed by atoms with Gasteiger partial charge in [-0.05, 0) is 61.7 Å². The maximum atomic E-state index is 12.1. The average molecular weight is 417 g/mol. The van der Waals surface area contributed by atoms with Gasteiger partial charge in [-0.3, -0.25) is 4.79 Å². The van der Waals surface area contributed by atoms with Gasteiger partial charge in [-0.2, -0.15) is 0 Å². The highest BCUT2D eigenvalue weighted by Crippen LogP contribution is 2.32. The molecule has 0 saturated heterocycles. The highest BCUT2D eigenvalue weighted by atomic mass is 79.9. The number of nitrogens with one attached hydrogen (secondary N) is 1. The highest BCUT2D eigenvalue weighted by Gasteiger charge is 2.12. The fraction of sp³-hybridized carbons (Fsp3) is 0.235. The Hall–Kier alpha value is -1.23. The van der Waals surface area contributed by atoms with Crippen LogP contribution in [0.2, 0.25) is 10.0 Å². The molecule has 0 saturated carbocycles. The van der Waals surface area contributed by atoms with Crippen LogP contribution >= 0.6 is 39.1 Å². The molecule has 0 fully saturated rings. The second kappa shape index (κ2) is 7.56. The number of benzene rings is 2. The van der Waals surface area contributed by atoms with Crippen molar-refractivity contribution in [2.45, 2.75) is 20.8 Å². The van der Waals surface area contributed by atoms with Gasteiger partial charge < -0.3 is 10.1 Å². The summed E-state index contributed by atoms with van der Waals surface area (Å²) in [6.07, 6.45) is 0. The van der Waals surface area contributed by atoms with Crippen LogP contribution in [0.1, 0.15) is 16.7 Å². The van der Waals surface area contributed by atoms with Crippen molar-refractivity contribution in [1.82, 2.24) is 0 Å². The van der Waals surface area contributed by atoms with Crippen LogP contribution in [-0.2, 0) is 4.79 Å². The molecule has 0 atom stereocenters. The second-order valence-electron chi connectivity index (χ2n) is 5.29. The number of carbonyl (C=O) groups excluding carboxylic acids is 1. The predicted molar refractivity (Wildman–Crippen MR) is 98.9 cm³/mol. The predicted octanol–water partition coefficient (Wildman–Crippen LogP) is 5.70. The first kappa shape index (κ1) is 18.1. The summed E-state index contributed by atoms with van der Waals surface area (Å²) in [7, 11) is 0. The molecule has 1 amide bonds. The summed E-state index contributed by atoms with van der Waals surface area (Å²) in [6, 6.07) is 7.23. The molecule has 6 heteroatoms. The quantitative estimate of drug-likeness (QED) is 0.694. The van der Waals surface area contributed by atoms with Crippen LogP contribution in [0.15, 0.2) is 28.7 Å². The Labute approximate surface area is 154 Å². The minimum atomic E-state index is -0.246. The highest BCUT2D eigenvalue weighted by molar-refractivity contribution is 9.10.